The van der Waals surface area contributed by atoms with Crippen molar-refractivity contribution < 1.29 is 22.5 Å². The molecule has 0 spiro atoms. The molecule has 5 nitrogen and oxygen atoms in total. The summed E-state index contributed by atoms with van der Waals surface area (Å²) in [5.41, 5.74) is 0. The van der Waals surface area contributed by atoms with Crippen LogP contribution in [-0.2, 0) is 14.9 Å². The normalized spacial score (nSPS) is 10.3. The fourth-order valence-corrected chi connectivity index (χ4v) is 1.33. The molecule has 0 saturated carbocycles. The second kappa shape index (κ2) is 5.62. The molecule has 0 aliphatic carbocycles. The van der Waals surface area contributed by atoms with Crippen molar-refractivity contribution in [2.45, 2.75) is 11.8 Å². The Hall–Kier alpha value is -0.400. The van der Waals surface area contributed by atoms with Crippen molar-refractivity contribution in [3.63, 3.8) is 0 Å². The Morgan fingerprint density at radius 1 is 1.27 bits per heavy atom. The molecule has 0 saturated heterocycles. The summed E-state index contributed by atoms with van der Waals surface area (Å²) in [5, 5.41) is 0. The zero-order valence-electron chi connectivity index (χ0n) is 8.30. The van der Waals surface area contributed by atoms with Crippen LogP contribution in [-0.4, -0.2) is 48.5 Å². The van der Waals surface area contributed by atoms with Gasteiger partial charge in [0, 0.05) is 36.5 Å². The van der Waals surface area contributed by atoms with E-state index >= 15 is 0 Å². The quantitative estimate of drug-likeness (QED) is 0.351. The summed E-state index contributed by atoms with van der Waals surface area (Å²) >= 11 is 0. The molecule has 0 aromatic heterocycles. The number of carbonyl (C=O) groups excluding carboxylic acids is 1. The Kier molecular flexibility index (Phi) is 5.47. The summed E-state index contributed by atoms with van der Waals surface area (Å²) in [4.78, 5) is 10.3. The van der Waals surface area contributed by atoms with Crippen LogP contribution in [0.4, 0.5) is 0 Å². The maximum atomic E-state index is 10.6. The van der Waals surface area contributed by atoms with Crippen molar-refractivity contribution in [3.8, 4) is 5.75 Å². The number of esters is 1. The molecule has 0 heterocycles. The second-order valence-electron chi connectivity index (χ2n) is 2.54. The van der Waals surface area contributed by atoms with Gasteiger partial charge in [-0.2, -0.15) is 8.42 Å². The van der Waals surface area contributed by atoms with Crippen LogP contribution in [0.1, 0.15) is 6.92 Å². The molecule has 1 aromatic rings. The molecule has 15 heavy (non-hydrogen) atoms. The molecule has 7 heteroatoms. The van der Waals surface area contributed by atoms with Gasteiger partial charge in [-0.25, -0.2) is 0 Å². The van der Waals surface area contributed by atoms with Gasteiger partial charge in [-0.3, -0.25) is 9.35 Å². The minimum atomic E-state index is -4.19. The monoisotopic (exact) mass is 239 g/mol. The van der Waals surface area contributed by atoms with E-state index in [0.717, 1.165) is 12.1 Å². The third kappa shape index (κ3) is 4.76. The summed E-state index contributed by atoms with van der Waals surface area (Å²) in [6, 6.07) is 4.86. The molecule has 1 N–H and O–H groups in total. The zero-order valence-corrected chi connectivity index (χ0v) is 11.1. The van der Waals surface area contributed by atoms with Gasteiger partial charge in [0.2, 0.25) is 0 Å². The molecule has 0 aliphatic heterocycles. The van der Waals surface area contributed by atoms with Crippen LogP contribution < -0.4 is 4.74 Å². The number of rotatable bonds is 2. The van der Waals surface area contributed by atoms with E-state index in [1.165, 1.54) is 19.1 Å². The van der Waals surface area contributed by atoms with Crippen LogP contribution in [0.25, 0.3) is 0 Å². The first kappa shape index (κ1) is 14.6. The first-order valence-corrected chi connectivity index (χ1v) is 5.09. The average molecular weight is 239 g/mol. The largest absolute Gasteiger partial charge is 0.427 e. The van der Waals surface area contributed by atoms with Gasteiger partial charge in [-0.05, 0) is 24.3 Å². The predicted molar refractivity (Wildman–Crippen MR) is 53.3 cm³/mol. The van der Waals surface area contributed by atoms with Crippen molar-refractivity contribution in [2.75, 3.05) is 0 Å². The van der Waals surface area contributed by atoms with Crippen molar-refractivity contribution in [1.82, 2.24) is 0 Å². The summed E-state index contributed by atoms with van der Waals surface area (Å²) < 4.78 is 34.5. The Morgan fingerprint density at radius 3 is 2.07 bits per heavy atom. The van der Waals surface area contributed by atoms with Crippen LogP contribution in [0.5, 0.6) is 5.75 Å². The van der Waals surface area contributed by atoms with E-state index in [4.69, 9.17) is 4.55 Å². The fraction of sp³-hybridized carbons (Fsp3) is 0.125. The van der Waals surface area contributed by atoms with Crippen molar-refractivity contribution in [3.05, 3.63) is 24.3 Å². The van der Waals surface area contributed by atoms with Crippen molar-refractivity contribution in [2.24, 2.45) is 0 Å². The molecule has 0 fully saturated rings. The maximum absolute atomic E-state index is 10.6. The van der Waals surface area contributed by atoms with Crippen molar-refractivity contribution in [1.29, 1.82) is 0 Å². The van der Waals surface area contributed by atoms with Gasteiger partial charge in [-0.15, -0.1) is 0 Å². The first-order valence-electron chi connectivity index (χ1n) is 3.65. The predicted octanol–water partition coefficient (Wildman–Crippen LogP) is 0.478. The molecule has 0 aliphatic rings. The smallest absolute Gasteiger partial charge is 0.308 e. The van der Waals surface area contributed by atoms with Gasteiger partial charge in [0.15, 0.2) is 0 Å². The van der Waals surface area contributed by atoms with Crippen LogP contribution in [0.15, 0.2) is 29.2 Å². The minimum absolute atomic E-state index is 0. The topological polar surface area (TPSA) is 80.7 Å². The SMILES string of the molecule is CC(=O)Oc1ccc(S(=O)(=O)O)cc1.[Na]. The van der Waals surface area contributed by atoms with E-state index < -0.39 is 16.1 Å². The van der Waals surface area contributed by atoms with Crippen LogP contribution in [0.2, 0.25) is 0 Å². The average Bonchev–Trinajstić information content (AvgIpc) is 2.02. The number of carbonyl (C=O) groups is 1. The van der Waals surface area contributed by atoms with Crippen LogP contribution >= 0.6 is 0 Å². The van der Waals surface area contributed by atoms with Gasteiger partial charge in [0.25, 0.3) is 10.1 Å². The van der Waals surface area contributed by atoms with Gasteiger partial charge in [0.05, 0.1) is 4.90 Å². The Morgan fingerprint density at radius 2 is 1.73 bits per heavy atom. The Balaban J connectivity index is 0.00000196. The van der Waals surface area contributed by atoms with Crippen molar-refractivity contribution >= 4 is 45.6 Å². The summed E-state index contributed by atoms with van der Waals surface area (Å²) in [6.07, 6.45) is 0. The standard InChI is InChI=1S/C8H8O5S.Na/c1-6(9)13-7-2-4-8(5-3-7)14(10,11)12;/h2-5H,1H3,(H,10,11,12);. The van der Waals surface area contributed by atoms with E-state index in [-0.39, 0.29) is 40.2 Å². The molecule has 0 bridgehead atoms. The molecule has 0 unspecified atom stereocenters. The number of benzene rings is 1. The Bertz CT molecular complexity index is 437. The van der Waals surface area contributed by atoms with E-state index in [1.54, 1.807) is 0 Å². The third-order valence-corrected chi connectivity index (χ3v) is 2.25. The van der Waals surface area contributed by atoms with Crippen LogP contribution in [0, 0.1) is 0 Å². The molecule has 0 amide bonds. The molecule has 1 radical (unpaired) electrons. The summed E-state index contributed by atoms with van der Waals surface area (Å²) in [5.74, 6) is -0.269. The van der Waals surface area contributed by atoms with Gasteiger partial charge in [0.1, 0.15) is 5.75 Å². The molecule has 77 valence electrons. The van der Waals surface area contributed by atoms with E-state index in [1.807, 2.05) is 0 Å². The number of hydrogen-bond acceptors (Lipinski definition) is 4. The fourth-order valence-electron chi connectivity index (χ4n) is 0.846. The number of hydrogen-bond donors (Lipinski definition) is 1. The van der Waals surface area contributed by atoms with E-state index in [9.17, 15) is 13.2 Å². The molecule has 1 rings (SSSR count). The number of ether oxygens (including phenoxy) is 1. The second-order valence-corrected chi connectivity index (χ2v) is 3.96. The summed E-state index contributed by atoms with van der Waals surface area (Å²) in [6.45, 7) is 1.23. The molecule has 1 aromatic carbocycles. The molecular weight excluding hydrogens is 231 g/mol. The zero-order chi connectivity index (χ0) is 10.8. The maximum Gasteiger partial charge on any atom is 0.308 e. The van der Waals surface area contributed by atoms with Gasteiger partial charge < -0.3 is 4.74 Å². The summed E-state index contributed by atoms with van der Waals surface area (Å²) in [7, 11) is -4.19. The molecular formula is C8H8NaO5S. The van der Waals surface area contributed by atoms with E-state index in [2.05, 4.69) is 4.74 Å². The third-order valence-electron chi connectivity index (χ3n) is 1.38. The minimum Gasteiger partial charge on any atom is -0.427 e. The van der Waals surface area contributed by atoms with Crippen LogP contribution in [0.3, 0.4) is 0 Å². The van der Waals surface area contributed by atoms with Gasteiger partial charge in [-0.1, -0.05) is 0 Å². The first-order chi connectivity index (χ1) is 6.39. The Labute approximate surface area is 109 Å². The molecule has 0 atom stereocenters. The van der Waals surface area contributed by atoms with E-state index in [0.29, 0.717) is 0 Å². The van der Waals surface area contributed by atoms with Gasteiger partial charge >= 0.3 is 5.97 Å².